The lowest BCUT2D eigenvalue weighted by atomic mass is 10.1. The van der Waals surface area contributed by atoms with Gasteiger partial charge in [0.1, 0.15) is 0 Å². The van der Waals surface area contributed by atoms with Gasteiger partial charge in [-0.25, -0.2) is 0 Å². The van der Waals surface area contributed by atoms with E-state index in [0.717, 1.165) is 32.7 Å². The van der Waals surface area contributed by atoms with E-state index >= 15 is 0 Å². The predicted molar refractivity (Wildman–Crippen MR) is 69.2 cm³/mol. The van der Waals surface area contributed by atoms with Crippen molar-refractivity contribution in [3.05, 3.63) is 0 Å². The van der Waals surface area contributed by atoms with Gasteiger partial charge in [0.15, 0.2) is 0 Å². The highest BCUT2D eigenvalue weighted by atomic mass is 16.6. The summed E-state index contributed by atoms with van der Waals surface area (Å²) in [5.41, 5.74) is 0. The second-order valence-electron chi connectivity index (χ2n) is 4.91. The van der Waals surface area contributed by atoms with Crippen LogP contribution in [0.5, 0.6) is 0 Å². The van der Waals surface area contributed by atoms with Gasteiger partial charge in [-0.05, 0) is 12.8 Å². The molecule has 3 nitrogen and oxygen atoms in total. The highest BCUT2D eigenvalue weighted by Crippen LogP contribution is 2.13. The lowest BCUT2D eigenvalue weighted by Crippen LogP contribution is -2.28. The molecule has 1 heterocycles. The Morgan fingerprint density at radius 3 is 2.06 bits per heavy atom. The first kappa shape index (κ1) is 14.9. The van der Waals surface area contributed by atoms with Crippen LogP contribution in [0, 0.1) is 0 Å². The summed E-state index contributed by atoms with van der Waals surface area (Å²) >= 11 is 0. The van der Waals surface area contributed by atoms with Crippen molar-refractivity contribution in [2.45, 2.75) is 63.9 Å². The van der Waals surface area contributed by atoms with Crippen LogP contribution in [0.1, 0.15) is 57.8 Å². The van der Waals surface area contributed by atoms with E-state index in [0.29, 0.717) is 12.7 Å². The van der Waals surface area contributed by atoms with Gasteiger partial charge >= 0.3 is 0 Å². The molecule has 0 aromatic rings. The van der Waals surface area contributed by atoms with Gasteiger partial charge < -0.3 is 14.6 Å². The third-order valence-electron chi connectivity index (χ3n) is 3.32. The number of aliphatic hydroxyl groups is 1. The van der Waals surface area contributed by atoms with Gasteiger partial charge in [0, 0.05) is 6.61 Å². The summed E-state index contributed by atoms with van der Waals surface area (Å²) in [5.74, 6) is 0. The van der Waals surface area contributed by atoms with Crippen molar-refractivity contribution in [2.24, 2.45) is 0 Å². The molecule has 0 aromatic heterocycles. The van der Waals surface area contributed by atoms with Crippen molar-refractivity contribution in [3.8, 4) is 0 Å². The molecule has 1 unspecified atom stereocenters. The molecule has 1 atom stereocenters. The molecule has 1 fully saturated rings. The molecule has 0 aliphatic carbocycles. The molecule has 1 N–H and O–H groups in total. The van der Waals surface area contributed by atoms with Gasteiger partial charge in [-0.2, -0.15) is 0 Å². The van der Waals surface area contributed by atoms with Crippen molar-refractivity contribution >= 4 is 0 Å². The van der Waals surface area contributed by atoms with Crippen LogP contribution in [0.3, 0.4) is 0 Å². The zero-order valence-electron chi connectivity index (χ0n) is 11.0. The topological polar surface area (TPSA) is 38.7 Å². The summed E-state index contributed by atoms with van der Waals surface area (Å²) in [6, 6.07) is 0. The Hall–Kier alpha value is -0.120. The predicted octanol–water partition coefficient (Wildman–Crippen LogP) is 2.91. The van der Waals surface area contributed by atoms with Crippen molar-refractivity contribution in [2.75, 3.05) is 26.4 Å². The molecule has 1 rings (SSSR count). The van der Waals surface area contributed by atoms with Gasteiger partial charge in [-0.3, -0.25) is 0 Å². The molecule has 1 aliphatic rings. The largest absolute Gasteiger partial charge is 0.396 e. The summed E-state index contributed by atoms with van der Waals surface area (Å²) in [4.78, 5) is 0. The van der Waals surface area contributed by atoms with Crippen LogP contribution in [0.4, 0.5) is 0 Å². The van der Waals surface area contributed by atoms with Crippen LogP contribution in [0.2, 0.25) is 0 Å². The number of aliphatic hydroxyl groups excluding tert-OH is 1. The average molecular weight is 244 g/mol. The fourth-order valence-electron chi connectivity index (χ4n) is 2.25. The molecular formula is C14H28O3. The molecule has 1 saturated heterocycles. The summed E-state index contributed by atoms with van der Waals surface area (Å²) in [6.07, 6.45) is 11.5. The first-order valence-corrected chi connectivity index (χ1v) is 7.23. The second-order valence-corrected chi connectivity index (χ2v) is 4.91. The molecule has 3 heteroatoms. The maximum atomic E-state index is 8.64. The van der Waals surface area contributed by atoms with Crippen molar-refractivity contribution < 1.29 is 14.6 Å². The second kappa shape index (κ2) is 11.0. The van der Waals surface area contributed by atoms with E-state index in [9.17, 15) is 0 Å². The molecule has 0 bridgehead atoms. The molecule has 0 saturated carbocycles. The van der Waals surface area contributed by atoms with E-state index in [2.05, 4.69) is 0 Å². The van der Waals surface area contributed by atoms with Crippen LogP contribution in [0.15, 0.2) is 0 Å². The number of ether oxygens (including phenoxy) is 2. The van der Waals surface area contributed by atoms with E-state index in [4.69, 9.17) is 14.6 Å². The molecule has 1 aliphatic heterocycles. The SMILES string of the molecule is OCCCCCCCCCCC1COCCO1. The Morgan fingerprint density at radius 2 is 1.47 bits per heavy atom. The quantitative estimate of drug-likeness (QED) is 0.601. The van der Waals surface area contributed by atoms with E-state index in [1.807, 2.05) is 0 Å². The van der Waals surface area contributed by atoms with Gasteiger partial charge in [-0.15, -0.1) is 0 Å². The lowest BCUT2D eigenvalue weighted by Gasteiger charge is -2.22. The number of hydrogen-bond donors (Lipinski definition) is 1. The van der Waals surface area contributed by atoms with Gasteiger partial charge in [-0.1, -0.05) is 44.9 Å². The summed E-state index contributed by atoms with van der Waals surface area (Å²) in [6.45, 7) is 2.69. The minimum absolute atomic E-state index is 0.351. The fourth-order valence-corrected chi connectivity index (χ4v) is 2.25. The van der Waals surface area contributed by atoms with Crippen LogP contribution < -0.4 is 0 Å². The molecule has 0 aromatic carbocycles. The first-order valence-electron chi connectivity index (χ1n) is 7.23. The summed E-state index contributed by atoms with van der Waals surface area (Å²) in [5, 5.41) is 8.64. The molecule has 102 valence electrons. The van der Waals surface area contributed by atoms with E-state index in [-0.39, 0.29) is 0 Å². The molecule has 0 amide bonds. The summed E-state index contributed by atoms with van der Waals surface area (Å²) in [7, 11) is 0. The maximum absolute atomic E-state index is 8.64. The van der Waals surface area contributed by atoms with Crippen molar-refractivity contribution in [3.63, 3.8) is 0 Å². The molecule has 0 spiro atoms. The van der Waals surface area contributed by atoms with Gasteiger partial charge in [0.2, 0.25) is 0 Å². The van der Waals surface area contributed by atoms with E-state index in [1.54, 1.807) is 0 Å². The number of rotatable bonds is 10. The Bertz CT molecular complexity index is 156. The average Bonchev–Trinajstić information content (AvgIpc) is 2.38. The number of hydrogen-bond acceptors (Lipinski definition) is 3. The van der Waals surface area contributed by atoms with Gasteiger partial charge in [0.25, 0.3) is 0 Å². The van der Waals surface area contributed by atoms with Crippen LogP contribution in [-0.4, -0.2) is 37.6 Å². The van der Waals surface area contributed by atoms with Crippen molar-refractivity contribution in [1.29, 1.82) is 0 Å². The van der Waals surface area contributed by atoms with Crippen LogP contribution in [-0.2, 0) is 9.47 Å². The standard InChI is InChI=1S/C14H28O3/c15-10-8-6-4-2-1-3-5-7-9-14-13-16-11-12-17-14/h14-15H,1-13H2. The molecule has 0 radical (unpaired) electrons. The third-order valence-corrected chi connectivity index (χ3v) is 3.32. The fraction of sp³-hybridized carbons (Fsp3) is 1.00. The summed E-state index contributed by atoms with van der Waals surface area (Å²) < 4.78 is 11.0. The minimum atomic E-state index is 0.351. The first-order chi connectivity index (χ1) is 8.43. The van der Waals surface area contributed by atoms with Crippen molar-refractivity contribution in [1.82, 2.24) is 0 Å². The monoisotopic (exact) mass is 244 g/mol. The Morgan fingerprint density at radius 1 is 0.824 bits per heavy atom. The normalized spacial score (nSPS) is 20.6. The lowest BCUT2D eigenvalue weighted by molar-refractivity contribution is -0.0912. The highest BCUT2D eigenvalue weighted by Gasteiger charge is 2.12. The Labute approximate surface area is 105 Å². The highest BCUT2D eigenvalue weighted by molar-refractivity contribution is 4.61. The number of unbranched alkanes of at least 4 members (excludes halogenated alkanes) is 7. The zero-order valence-corrected chi connectivity index (χ0v) is 11.0. The molecular weight excluding hydrogens is 216 g/mol. The Kier molecular flexibility index (Phi) is 9.66. The third kappa shape index (κ3) is 8.58. The van der Waals surface area contributed by atoms with Crippen LogP contribution in [0.25, 0.3) is 0 Å². The smallest absolute Gasteiger partial charge is 0.0809 e. The van der Waals surface area contributed by atoms with E-state index in [1.165, 1.54) is 44.9 Å². The maximum Gasteiger partial charge on any atom is 0.0809 e. The Balaban J connectivity index is 1.75. The minimum Gasteiger partial charge on any atom is -0.396 e. The molecule has 17 heavy (non-hydrogen) atoms. The van der Waals surface area contributed by atoms with Gasteiger partial charge in [0.05, 0.1) is 25.9 Å². The van der Waals surface area contributed by atoms with Crippen LogP contribution >= 0.6 is 0 Å². The van der Waals surface area contributed by atoms with E-state index < -0.39 is 0 Å². The zero-order chi connectivity index (χ0) is 12.2.